The number of rotatable bonds is 5. The molecule has 1 aromatic heterocycles. The van der Waals surface area contributed by atoms with E-state index < -0.39 is 5.97 Å². The summed E-state index contributed by atoms with van der Waals surface area (Å²) >= 11 is 6.23. The number of ether oxygens (including phenoxy) is 1. The van der Waals surface area contributed by atoms with Crippen LogP contribution in [0.3, 0.4) is 0 Å². The summed E-state index contributed by atoms with van der Waals surface area (Å²) in [5.74, 6) is -0.145. The molecule has 0 N–H and O–H groups in total. The van der Waals surface area contributed by atoms with Crippen molar-refractivity contribution in [2.45, 2.75) is 17.6 Å². The summed E-state index contributed by atoms with van der Waals surface area (Å²) in [7, 11) is 1.28. The molecule has 0 saturated heterocycles. The number of thioether (sulfide) groups is 1. The van der Waals surface area contributed by atoms with Crippen molar-refractivity contribution in [1.29, 1.82) is 0 Å². The fourth-order valence-corrected chi connectivity index (χ4v) is 3.68. The van der Waals surface area contributed by atoms with Gasteiger partial charge in [0.2, 0.25) is 0 Å². The molecule has 2 aromatic rings. The zero-order valence-electron chi connectivity index (χ0n) is 11.4. The molecular formula is C14H12BrNO3S2. The lowest BCUT2D eigenvalue weighted by molar-refractivity contribution is 0.0591. The molecule has 110 valence electrons. The molecule has 0 fully saturated rings. The summed E-state index contributed by atoms with van der Waals surface area (Å²) in [5, 5.41) is 0.730. The molecule has 0 atom stereocenters. The van der Waals surface area contributed by atoms with Crippen molar-refractivity contribution < 1.29 is 14.3 Å². The molecule has 2 rings (SSSR count). The quantitative estimate of drug-likeness (QED) is 0.438. The van der Waals surface area contributed by atoms with Gasteiger partial charge in [0.1, 0.15) is 9.88 Å². The Labute approximate surface area is 139 Å². The van der Waals surface area contributed by atoms with E-state index >= 15 is 0 Å². The molecular weight excluding hydrogens is 374 g/mol. The first kappa shape index (κ1) is 16.2. The SMILES string of the molecule is COC(=O)c1nc(CSc2ccc(Br)cc2)sc1C(C)=O. The number of Topliss-reactive ketones (excluding diaryl/α,β-unsaturated/α-hetero) is 1. The van der Waals surface area contributed by atoms with Gasteiger partial charge in [0, 0.05) is 16.3 Å². The van der Waals surface area contributed by atoms with Crippen molar-refractivity contribution in [2.75, 3.05) is 7.11 Å². The largest absolute Gasteiger partial charge is 0.464 e. The maximum atomic E-state index is 11.6. The van der Waals surface area contributed by atoms with E-state index in [0.29, 0.717) is 10.6 Å². The van der Waals surface area contributed by atoms with Gasteiger partial charge in [-0.1, -0.05) is 15.9 Å². The second-order valence-electron chi connectivity index (χ2n) is 4.08. The Hall–Kier alpha value is -1.18. The predicted molar refractivity (Wildman–Crippen MR) is 87.2 cm³/mol. The van der Waals surface area contributed by atoms with E-state index in [1.54, 1.807) is 11.8 Å². The van der Waals surface area contributed by atoms with Crippen LogP contribution in [0.15, 0.2) is 33.6 Å². The molecule has 0 saturated carbocycles. The third-order valence-electron chi connectivity index (χ3n) is 2.55. The number of hydrogen-bond donors (Lipinski definition) is 0. The highest BCUT2D eigenvalue weighted by atomic mass is 79.9. The number of benzene rings is 1. The lowest BCUT2D eigenvalue weighted by Gasteiger charge is -1.99. The van der Waals surface area contributed by atoms with Crippen LogP contribution in [0.25, 0.3) is 0 Å². The Bertz CT molecular complexity index is 667. The summed E-state index contributed by atoms with van der Waals surface area (Å²) < 4.78 is 5.68. The maximum Gasteiger partial charge on any atom is 0.358 e. The zero-order chi connectivity index (χ0) is 15.4. The van der Waals surface area contributed by atoms with Crippen LogP contribution in [0.2, 0.25) is 0 Å². The van der Waals surface area contributed by atoms with Crippen molar-refractivity contribution >= 4 is 50.8 Å². The monoisotopic (exact) mass is 385 g/mol. The van der Waals surface area contributed by atoms with Gasteiger partial charge in [-0.2, -0.15) is 0 Å². The Balaban J connectivity index is 2.15. The number of carbonyl (C=O) groups excluding carboxylic acids is 2. The summed E-state index contributed by atoms with van der Waals surface area (Å²) in [6.45, 7) is 1.42. The number of carbonyl (C=O) groups is 2. The molecule has 1 heterocycles. The second-order valence-corrected chi connectivity index (χ2v) is 7.12. The Morgan fingerprint density at radius 3 is 2.57 bits per heavy atom. The lowest BCUT2D eigenvalue weighted by Crippen LogP contribution is -2.07. The van der Waals surface area contributed by atoms with Crippen LogP contribution in [0.4, 0.5) is 0 Å². The number of hydrogen-bond acceptors (Lipinski definition) is 6. The molecule has 21 heavy (non-hydrogen) atoms. The molecule has 7 heteroatoms. The van der Waals surface area contributed by atoms with Crippen LogP contribution in [0.5, 0.6) is 0 Å². The average Bonchev–Trinajstić information content (AvgIpc) is 2.90. The Kier molecular flexibility index (Phi) is 5.55. The third kappa shape index (κ3) is 4.15. The van der Waals surface area contributed by atoms with E-state index in [9.17, 15) is 9.59 Å². The van der Waals surface area contributed by atoms with E-state index in [-0.39, 0.29) is 11.5 Å². The van der Waals surface area contributed by atoms with E-state index in [1.807, 2.05) is 24.3 Å². The minimum atomic E-state index is -0.573. The van der Waals surface area contributed by atoms with Gasteiger partial charge in [-0.15, -0.1) is 23.1 Å². The zero-order valence-corrected chi connectivity index (χ0v) is 14.6. The first-order chi connectivity index (χ1) is 10.0. The van der Waals surface area contributed by atoms with Crippen LogP contribution in [0, 0.1) is 0 Å². The van der Waals surface area contributed by atoms with Gasteiger partial charge in [0.05, 0.1) is 12.9 Å². The number of halogens is 1. The van der Waals surface area contributed by atoms with E-state index in [4.69, 9.17) is 0 Å². The first-order valence-corrected chi connectivity index (χ1v) is 8.58. The van der Waals surface area contributed by atoms with E-state index in [2.05, 4.69) is 25.7 Å². The van der Waals surface area contributed by atoms with E-state index in [1.165, 1.54) is 25.4 Å². The normalized spacial score (nSPS) is 10.4. The van der Waals surface area contributed by atoms with Crippen molar-refractivity contribution in [1.82, 2.24) is 4.98 Å². The van der Waals surface area contributed by atoms with Crippen molar-refractivity contribution in [2.24, 2.45) is 0 Å². The van der Waals surface area contributed by atoms with Gasteiger partial charge in [0.25, 0.3) is 0 Å². The van der Waals surface area contributed by atoms with Gasteiger partial charge in [0.15, 0.2) is 11.5 Å². The smallest absolute Gasteiger partial charge is 0.358 e. The van der Waals surface area contributed by atoms with Gasteiger partial charge in [-0.05, 0) is 24.3 Å². The fourth-order valence-electron chi connectivity index (χ4n) is 1.58. The molecule has 1 aromatic carbocycles. The molecule has 0 amide bonds. The fraction of sp³-hybridized carbons (Fsp3) is 0.214. The molecule has 0 aliphatic carbocycles. The number of esters is 1. The Morgan fingerprint density at radius 1 is 1.33 bits per heavy atom. The predicted octanol–water partition coefficient (Wildman–Crippen LogP) is 4.19. The van der Waals surface area contributed by atoms with Crippen LogP contribution in [0.1, 0.15) is 32.1 Å². The van der Waals surface area contributed by atoms with Crippen LogP contribution in [-0.2, 0) is 10.5 Å². The van der Waals surface area contributed by atoms with Crippen molar-refractivity contribution in [3.05, 3.63) is 44.3 Å². The first-order valence-electron chi connectivity index (χ1n) is 5.98. The highest BCUT2D eigenvalue weighted by molar-refractivity contribution is 9.10. The van der Waals surface area contributed by atoms with Crippen LogP contribution < -0.4 is 0 Å². The standard InChI is InChI=1S/C14H12BrNO3S2/c1-8(17)13-12(14(18)19-2)16-11(21-13)7-20-10-5-3-9(15)4-6-10/h3-6H,7H2,1-2H3. The molecule has 0 radical (unpaired) electrons. The number of methoxy groups -OCH3 is 1. The highest BCUT2D eigenvalue weighted by Crippen LogP contribution is 2.28. The third-order valence-corrected chi connectivity index (χ3v) is 5.44. The molecule has 4 nitrogen and oxygen atoms in total. The van der Waals surface area contributed by atoms with Gasteiger partial charge < -0.3 is 4.74 Å². The number of nitrogens with zero attached hydrogens (tertiary/aromatic N) is 1. The summed E-state index contributed by atoms with van der Waals surface area (Å²) in [5.41, 5.74) is 0.112. The van der Waals surface area contributed by atoms with Gasteiger partial charge >= 0.3 is 5.97 Å². The average molecular weight is 386 g/mol. The minimum Gasteiger partial charge on any atom is -0.464 e. The summed E-state index contributed by atoms with van der Waals surface area (Å²) in [4.78, 5) is 28.9. The van der Waals surface area contributed by atoms with Crippen LogP contribution in [-0.4, -0.2) is 23.8 Å². The topological polar surface area (TPSA) is 56.3 Å². The number of ketones is 1. The maximum absolute atomic E-state index is 11.6. The highest BCUT2D eigenvalue weighted by Gasteiger charge is 2.21. The summed E-state index contributed by atoms with van der Waals surface area (Å²) in [6, 6.07) is 7.92. The molecule has 0 aliphatic heterocycles. The molecule has 0 bridgehead atoms. The summed E-state index contributed by atoms with van der Waals surface area (Å²) in [6.07, 6.45) is 0. The van der Waals surface area contributed by atoms with Crippen LogP contribution >= 0.6 is 39.0 Å². The number of thiazole rings is 1. The molecule has 0 aliphatic rings. The number of aromatic nitrogens is 1. The lowest BCUT2D eigenvalue weighted by atomic mass is 10.3. The molecule has 0 unspecified atom stereocenters. The van der Waals surface area contributed by atoms with Gasteiger partial charge in [-0.25, -0.2) is 9.78 Å². The Morgan fingerprint density at radius 2 is 2.00 bits per heavy atom. The van der Waals surface area contributed by atoms with Crippen molar-refractivity contribution in [3.63, 3.8) is 0 Å². The second kappa shape index (κ2) is 7.20. The van der Waals surface area contributed by atoms with Gasteiger partial charge in [-0.3, -0.25) is 4.79 Å². The van der Waals surface area contributed by atoms with E-state index in [0.717, 1.165) is 14.4 Å². The minimum absolute atomic E-state index is 0.112. The van der Waals surface area contributed by atoms with Crippen molar-refractivity contribution in [3.8, 4) is 0 Å². The molecule has 0 spiro atoms.